The number of hydrogen-bond donors (Lipinski definition) is 0. The van der Waals surface area contributed by atoms with Crippen molar-refractivity contribution in [1.29, 1.82) is 0 Å². The Labute approximate surface area is 140 Å². The Morgan fingerprint density at radius 1 is 1.17 bits per heavy atom. The molecule has 2 aromatic rings. The quantitative estimate of drug-likeness (QED) is 0.627. The predicted molar refractivity (Wildman–Crippen MR) is 90.1 cm³/mol. The van der Waals surface area contributed by atoms with Gasteiger partial charge < -0.3 is 0 Å². The molecule has 3 rings (SSSR count). The van der Waals surface area contributed by atoms with E-state index < -0.39 is 14.9 Å². The van der Waals surface area contributed by atoms with Crippen molar-refractivity contribution in [3.05, 3.63) is 69.8 Å². The molecule has 24 heavy (non-hydrogen) atoms. The summed E-state index contributed by atoms with van der Waals surface area (Å²) in [6.45, 7) is 2.39. The lowest BCUT2D eigenvalue weighted by Gasteiger charge is -2.24. The minimum Gasteiger partial charge on any atom is -0.258 e. The van der Waals surface area contributed by atoms with Crippen LogP contribution in [0.5, 0.6) is 0 Å². The third-order valence-corrected chi connectivity index (χ3v) is 6.17. The summed E-state index contributed by atoms with van der Waals surface area (Å²) in [6.07, 6.45) is 1.52. The van der Waals surface area contributed by atoms with Crippen LogP contribution in [0.1, 0.15) is 30.0 Å². The van der Waals surface area contributed by atoms with Crippen LogP contribution in [0.25, 0.3) is 0 Å². The highest BCUT2D eigenvalue weighted by Gasteiger charge is 2.36. The second-order valence-corrected chi connectivity index (χ2v) is 7.83. The van der Waals surface area contributed by atoms with E-state index in [1.807, 2.05) is 31.2 Å². The van der Waals surface area contributed by atoms with E-state index in [4.69, 9.17) is 0 Å². The summed E-state index contributed by atoms with van der Waals surface area (Å²) in [5.74, 6) is 0. The molecule has 0 spiro atoms. The average molecular weight is 346 g/mol. The maximum Gasteiger partial charge on any atom is 0.270 e. The van der Waals surface area contributed by atoms with Crippen molar-refractivity contribution in [2.24, 2.45) is 0 Å². The summed E-state index contributed by atoms with van der Waals surface area (Å²) in [6, 6.07) is 12.8. The number of hydrogen-bond acceptors (Lipinski definition) is 4. The number of nitro groups is 1. The molecule has 1 heterocycles. The molecule has 0 amide bonds. The van der Waals surface area contributed by atoms with Crippen LogP contribution < -0.4 is 0 Å². The largest absolute Gasteiger partial charge is 0.270 e. The van der Waals surface area contributed by atoms with Gasteiger partial charge in [0.25, 0.3) is 5.69 Å². The fourth-order valence-electron chi connectivity index (χ4n) is 3.13. The van der Waals surface area contributed by atoms with Crippen molar-refractivity contribution >= 4 is 15.7 Å². The van der Waals surface area contributed by atoms with Crippen LogP contribution in [0.3, 0.4) is 0 Å². The van der Waals surface area contributed by atoms with E-state index in [1.165, 1.54) is 22.5 Å². The fraction of sp³-hybridized carbons (Fsp3) is 0.294. The SMILES string of the molecule is Cc1cccc([C@H]2CCCN2S(=O)(=O)c2cccc([N+](=O)[O-])c2)c1. The van der Waals surface area contributed by atoms with Gasteiger partial charge in [-0.15, -0.1) is 0 Å². The van der Waals surface area contributed by atoms with E-state index >= 15 is 0 Å². The van der Waals surface area contributed by atoms with Crippen LogP contribution in [0, 0.1) is 17.0 Å². The topological polar surface area (TPSA) is 80.5 Å². The van der Waals surface area contributed by atoms with Crippen LogP contribution in [0.4, 0.5) is 5.69 Å². The summed E-state index contributed by atoms with van der Waals surface area (Å²) < 4.78 is 27.4. The third kappa shape index (κ3) is 3.05. The number of non-ortho nitro benzene ring substituents is 1. The van der Waals surface area contributed by atoms with Crippen LogP contribution in [0.2, 0.25) is 0 Å². The summed E-state index contributed by atoms with van der Waals surface area (Å²) in [5.41, 5.74) is 1.82. The molecule has 126 valence electrons. The van der Waals surface area contributed by atoms with Gasteiger partial charge in [-0.25, -0.2) is 8.42 Å². The molecule has 0 N–H and O–H groups in total. The molecule has 0 radical (unpaired) electrons. The zero-order chi connectivity index (χ0) is 17.3. The van der Waals surface area contributed by atoms with Crippen molar-refractivity contribution < 1.29 is 13.3 Å². The molecule has 7 heteroatoms. The zero-order valence-electron chi connectivity index (χ0n) is 13.3. The van der Waals surface area contributed by atoms with Gasteiger partial charge in [-0.3, -0.25) is 10.1 Å². The van der Waals surface area contributed by atoms with Gasteiger partial charge in [-0.2, -0.15) is 4.31 Å². The molecule has 0 saturated carbocycles. The molecule has 6 nitrogen and oxygen atoms in total. The summed E-state index contributed by atoms with van der Waals surface area (Å²) in [7, 11) is -3.78. The van der Waals surface area contributed by atoms with Crippen molar-refractivity contribution in [3.8, 4) is 0 Å². The average Bonchev–Trinajstić information content (AvgIpc) is 3.05. The highest BCUT2D eigenvalue weighted by atomic mass is 32.2. The molecular weight excluding hydrogens is 328 g/mol. The maximum absolute atomic E-state index is 13.0. The Hall–Kier alpha value is -2.25. The Morgan fingerprint density at radius 3 is 2.62 bits per heavy atom. The first-order valence-electron chi connectivity index (χ1n) is 7.72. The molecule has 1 aliphatic rings. The van der Waals surface area contributed by atoms with Gasteiger partial charge >= 0.3 is 0 Å². The van der Waals surface area contributed by atoms with E-state index in [-0.39, 0.29) is 16.6 Å². The molecule has 1 fully saturated rings. The first-order valence-corrected chi connectivity index (χ1v) is 9.16. The van der Waals surface area contributed by atoms with Crippen LogP contribution in [-0.2, 0) is 10.0 Å². The van der Waals surface area contributed by atoms with Crippen molar-refractivity contribution in [3.63, 3.8) is 0 Å². The molecule has 1 atom stereocenters. The number of benzene rings is 2. The van der Waals surface area contributed by atoms with E-state index in [9.17, 15) is 18.5 Å². The Morgan fingerprint density at radius 2 is 1.92 bits per heavy atom. The smallest absolute Gasteiger partial charge is 0.258 e. The van der Waals surface area contributed by atoms with Gasteiger partial charge in [-0.05, 0) is 31.4 Å². The minimum atomic E-state index is -3.78. The molecule has 1 aliphatic heterocycles. The molecule has 1 saturated heterocycles. The van der Waals surface area contributed by atoms with Gasteiger partial charge in [-0.1, -0.05) is 35.9 Å². The summed E-state index contributed by atoms with van der Waals surface area (Å²) in [4.78, 5) is 10.3. The lowest BCUT2D eigenvalue weighted by atomic mass is 10.0. The van der Waals surface area contributed by atoms with E-state index in [2.05, 4.69) is 0 Å². The minimum absolute atomic E-state index is 0.0312. The molecule has 0 bridgehead atoms. The molecule has 2 aromatic carbocycles. The molecule has 0 unspecified atom stereocenters. The number of sulfonamides is 1. The number of rotatable bonds is 4. The van der Waals surface area contributed by atoms with Gasteiger partial charge in [0.05, 0.1) is 15.9 Å². The highest BCUT2D eigenvalue weighted by Crippen LogP contribution is 2.37. The second-order valence-electron chi connectivity index (χ2n) is 5.94. The number of aryl methyl sites for hydroxylation is 1. The molecule has 0 aliphatic carbocycles. The first kappa shape index (κ1) is 16.6. The monoisotopic (exact) mass is 346 g/mol. The first-order chi connectivity index (χ1) is 11.4. The summed E-state index contributed by atoms with van der Waals surface area (Å²) in [5, 5.41) is 10.9. The third-order valence-electron chi connectivity index (χ3n) is 4.27. The van der Waals surface area contributed by atoms with Crippen molar-refractivity contribution in [2.45, 2.75) is 30.7 Å². The van der Waals surface area contributed by atoms with Gasteiger partial charge in [0, 0.05) is 18.7 Å². The van der Waals surface area contributed by atoms with Crippen LogP contribution in [-0.4, -0.2) is 24.2 Å². The Kier molecular flexibility index (Phi) is 4.38. The standard InChI is InChI=1S/C17H18N2O4S/c1-13-5-2-6-14(11-13)17-9-4-10-18(17)24(22,23)16-8-3-7-15(12-16)19(20)21/h2-3,5-8,11-12,17H,4,9-10H2,1H3/t17-/m1/s1. The van der Waals surface area contributed by atoms with Crippen LogP contribution >= 0.6 is 0 Å². The molecule has 0 aromatic heterocycles. The lowest BCUT2D eigenvalue weighted by Crippen LogP contribution is -2.30. The highest BCUT2D eigenvalue weighted by molar-refractivity contribution is 7.89. The van der Waals surface area contributed by atoms with E-state index in [1.54, 1.807) is 0 Å². The Bertz CT molecular complexity index is 880. The predicted octanol–water partition coefficient (Wildman–Crippen LogP) is 3.43. The van der Waals surface area contributed by atoms with Gasteiger partial charge in [0.2, 0.25) is 10.0 Å². The number of nitro benzene ring substituents is 1. The lowest BCUT2D eigenvalue weighted by molar-refractivity contribution is -0.385. The van der Waals surface area contributed by atoms with Crippen molar-refractivity contribution in [1.82, 2.24) is 4.31 Å². The van der Waals surface area contributed by atoms with E-state index in [0.29, 0.717) is 6.54 Å². The number of nitrogens with zero attached hydrogens (tertiary/aromatic N) is 2. The summed E-state index contributed by atoms with van der Waals surface area (Å²) >= 11 is 0. The Balaban J connectivity index is 1.99. The second kappa shape index (κ2) is 6.33. The van der Waals surface area contributed by atoms with E-state index in [0.717, 1.165) is 30.0 Å². The maximum atomic E-state index is 13.0. The van der Waals surface area contributed by atoms with Crippen LogP contribution in [0.15, 0.2) is 53.4 Å². The van der Waals surface area contributed by atoms with Gasteiger partial charge in [0.1, 0.15) is 0 Å². The molecular formula is C17H18N2O4S. The van der Waals surface area contributed by atoms with Crippen molar-refractivity contribution in [2.75, 3.05) is 6.54 Å². The normalized spacial score (nSPS) is 18.6. The fourth-order valence-corrected chi connectivity index (χ4v) is 4.85. The van der Waals surface area contributed by atoms with Gasteiger partial charge in [0.15, 0.2) is 0 Å². The zero-order valence-corrected chi connectivity index (χ0v) is 14.1.